The number of methoxy groups -OCH3 is 1. The van der Waals surface area contributed by atoms with Crippen LogP contribution < -0.4 is 10.1 Å². The van der Waals surface area contributed by atoms with Crippen LogP contribution in [0.25, 0.3) is 11.4 Å². The molecule has 2 aromatic rings. The highest BCUT2D eigenvalue weighted by molar-refractivity contribution is 5.94. The van der Waals surface area contributed by atoms with Gasteiger partial charge in [0.05, 0.1) is 18.4 Å². The summed E-state index contributed by atoms with van der Waals surface area (Å²) in [5.41, 5.74) is 1.94. The van der Waals surface area contributed by atoms with Crippen molar-refractivity contribution in [3.05, 3.63) is 36.2 Å². The van der Waals surface area contributed by atoms with Gasteiger partial charge in [0.2, 0.25) is 0 Å². The van der Waals surface area contributed by atoms with E-state index in [4.69, 9.17) is 9.47 Å². The third-order valence-corrected chi connectivity index (χ3v) is 2.99. The lowest BCUT2D eigenvalue weighted by Gasteiger charge is -2.22. The fraction of sp³-hybridized carbons (Fsp3) is 0.214. The molecule has 0 spiro atoms. The molecule has 0 saturated carbocycles. The zero-order chi connectivity index (χ0) is 13.9. The number of esters is 1. The van der Waals surface area contributed by atoms with Gasteiger partial charge in [-0.15, -0.1) is 0 Å². The second kappa shape index (κ2) is 5.16. The number of hydrogen-bond donors (Lipinski definition) is 1. The summed E-state index contributed by atoms with van der Waals surface area (Å²) in [4.78, 5) is 20.2. The maximum absolute atomic E-state index is 11.7. The SMILES string of the molecule is COC(=O)c1cc2c(c(-c3ncccn3)c1)NCCO2. The van der Waals surface area contributed by atoms with Crippen LogP contribution in [-0.4, -0.2) is 36.2 Å². The van der Waals surface area contributed by atoms with Crippen molar-refractivity contribution in [1.29, 1.82) is 0 Å². The Kier molecular flexibility index (Phi) is 3.20. The van der Waals surface area contributed by atoms with Crippen LogP contribution in [0.5, 0.6) is 5.75 Å². The molecule has 0 amide bonds. The highest BCUT2D eigenvalue weighted by Gasteiger charge is 2.20. The van der Waals surface area contributed by atoms with Crippen molar-refractivity contribution in [2.45, 2.75) is 0 Å². The molecule has 1 aliphatic heterocycles. The minimum atomic E-state index is -0.417. The van der Waals surface area contributed by atoms with E-state index >= 15 is 0 Å². The standard InChI is InChI=1S/C14H13N3O3/c1-19-14(18)9-7-10(13-16-3-2-4-17-13)12-11(8-9)20-6-5-15-12/h2-4,7-8,15H,5-6H2,1H3. The fourth-order valence-corrected chi connectivity index (χ4v) is 2.10. The first kappa shape index (κ1) is 12.4. The summed E-state index contributed by atoms with van der Waals surface area (Å²) >= 11 is 0. The smallest absolute Gasteiger partial charge is 0.338 e. The molecule has 0 unspecified atom stereocenters. The molecule has 0 radical (unpaired) electrons. The number of benzene rings is 1. The number of aromatic nitrogens is 2. The highest BCUT2D eigenvalue weighted by Crippen LogP contribution is 2.37. The summed E-state index contributed by atoms with van der Waals surface area (Å²) in [6.07, 6.45) is 3.31. The molecule has 0 atom stereocenters. The maximum atomic E-state index is 11.7. The Hall–Kier alpha value is -2.63. The van der Waals surface area contributed by atoms with Gasteiger partial charge in [-0.05, 0) is 18.2 Å². The van der Waals surface area contributed by atoms with E-state index in [2.05, 4.69) is 15.3 Å². The first-order chi connectivity index (χ1) is 9.79. The molecule has 0 aliphatic carbocycles. The lowest BCUT2D eigenvalue weighted by atomic mass is 10.1. The first-order valence-electron chi connectivity index (χ1n) is 6.20. The first-order valence-corrected chi connectivity index (χ1v) is 6.20. The van der Waals surface area contributed by atoms with Crippen LogP contribution in [0.3, 0.4) is 0 Å². The third-order valence-electron chi connectivity index (χ3n) is 2.99. The van der Waals surface area contributed by atoms with Gasteiger partial charge in [-0.2, -0.15) is 0 Å². The van der Waals surface area contributed by atoms with Crippen molar-refractivity contribution in [2.75, 3.05) is 25.6 Å². The zero-order valence-corrected chi connectivity index (χ0v) is 10.9. The number of nitrogens with one attached hydrogen (secondary N) is 1. The number of rotatable bonds is 2. The van der Waals surface area contributed by atoms with Gasteiger partial charge in [0.25, 0.3) is 0 Å². The average Bonchev–Trinajstić information content (AvgIpc) is 2.54. The molecule has 102 valence electrons. The molecule has 1 aromatic heterocycles. The van der Waals surface area contributed by atoms with Crippen molar-refractivity contribution in [1.82, 2.24) is 9.97 Å². The summed E-state index contributed by atoms with van der Waals surface area (Å²) in [6.45, 7) is 1.25. The van der Waals surface area contributed by atoms with Crippen LogP contribution in [0.2, 0.25) is 0 Å². The molecule has 1 aliphatic rings. The Morgan fingerprint density at radius 2 is 2.15 bits per heavy atom. The fourth-order valence-electron chi connectivity index (χ4n) is 2.10. The second-order valence-electron chi connectivity index (χ2n) is 4.24. The van der Waals surface area contributed by atoms with Crippen LogP contribution in [0, 0.1) is 0 Å². The van der Waals surface area contributed by atoms with Crippen molar-refractivity contribution in [2.24, 2.45) is 0 Å². The van der Waals surface area contributed by atoms with Crippen molar-refractivity contribution < 1.29 is 14.3 Å². The predicted molar refractivity (Wildman–Crippen MR) is 72.8 cm³/mol. The minimum absolute atomic E-state index is 0.414. The summed E-state index contributed by atoms with van der Waals surface area (Å²) < 4.78 is 10.4. The van der Waals surface area contributed by atoms with E-state index in [0.29, 0.717) is 30.3 Å². The van der Waals surface area contributed by atoms with Gasteiger partial charge in [0, 0.05) is 24.5 Å². The van der Waals surface area contributed by atoms with E-state index < -0.39 is 5.97 Å². The Morgan fingerprint density at radius 3 is 2.90 bits per heavy atom. The number of fused-ring (bicyclic) bond motifs is 1. The van der Waals surface area contributed by atoms with Crippen molar-refractivity contribution >= 4 is 11.7 Å². The van der Waals surface area contributed by atoms with Crippen LogP contribution >= 0.6 is 0 Å². The van der Waals surface area contributed by atoms with Crippen LogP contribution in [-0.2, 0) is 4.74 Å². The summed E-state index contributed by atoms with van der Waals surface area (Å²) in [5, 5.41) is 3.26. The van der Waals surface area contributed by atoms with Crippen LogP contribution in [0.1, 0.15) is 10.4 Å². The largest absolute Gasteiger partial charge is 0.490 e. The topological polar surface area (TPSA) is 73.3 Å². The van der Waals surface area contributed by atoms with Crippen molar-refractivity contribution in [3.63, 3.8) is 0 Å². The number of nitrogens with zero attached hydrogens (tertiary/aromatic N) is 2. The Morgan fingerprint density at radius 1 is 1.35 bits per heavy atom. The van der Waals surface area contributed by atoms with E-state index in [0.717, 1.165) is 11.3 Å². The van der Waals surface area contributed by atoms with Gasteiger partial charge in [-0.1, -0.05) is 0 Å². The van der Waals surface area contributed by atoms with E-state index in [1.165, 1.54) is 7.11 Å². The molecule has 0 saturated heterocycles. The molecule has 1 aromatic carbocycles. The number of carbonyl (C=O) groups excluding carboxylic acids is 1. The molecule has 1 N–H and O–H groups in total. The number of carbonyl (C=O) groups is 1. The normalized spacial score (nSPS) is 12.8. The van der Waals surface area contributed by atoms with Crippen molar-refractivity contribution in [3.8, 4) is 17.1 Å². The molecular weight excluding hydrogens is 258 g/mol. The molecule has 6 heteroatoms. The number of ether oxygens (including phenoxy) is 2. The van der Waals surface area contributed by atoms with Crippen LogP contribution in [0.15, 0.2) is 30.6 Å². The minimum Gasteiger partial charge on any atom is -0.490 e. The maximum Gasteiger partial charge on any atom is 0.338 e. The average molecular weight is 271 g/mol. The molecule has 20 heavy (non-hydrogen) atoms. The Labute approximate surface area is 115 Å². The van der Waals surface area contributed by atoms with Gasteiger partial charge in [0.15, 0.2) is 5.82 Å². The van der Waals surface area contributed by atoms with E-state index in [1.807, 2.05) is 0 Å². The summed E-state index contributed by atoms with van der Waals surface area (Å²) in [5.74, 6) is 0.730. The lowest BCUT2D eigenvalue weighted by molar-refractivity contribution is 0.0600. The Bertz CT molecular complexity index is 644. The van der Waals surface area contributed by atoms with E-state index in [9.17, 15) is 4.79 Å². The van der Waals surface area contributed by atoms with E-state index in [1.54, 1.807) is 30.6 Å². The lowest BCUT2D eigenvalue weighted by Crippen LogP contribution is -2.19. The predicted octanol–water partition coefficient (Wildman–Crippen LogP) is 1.73. The second-order valence-corrected chi connectivity index (χ2v) is 4.24. The molecule has 3 rings (SSSR count). The molecular formula is C14H13N3O3. The molecule has 0 fully saturated rings. The van der Waals surface area contributed by atoms with Gasteiger partial charge in [-0.3, -0.25) is 0 Å². The monoisotopic (exact) mass is 271 g/mol. The summed E-state index contributed by atoms with van der Waals surface area (Å²) in [7, 11) is 1.35. The molecule has 6 nitrogen and oxygen atoms in total. The van der Waals surface area contributed by atoms with Gasteiger partial charge >= 0.3 is 5.97 Å². The highest BCUT2D eigenvalue weighted by atomic mass is 16.5. The molecule has 0 bridgehead atoms. The van der Waals surface area contributed by atoms with Gasteiger partial charge < -0.3 is 14.8 Å². The Balaban J connectivity index is 2.18. The quantitative estimate of drug-likeness (QED) is 0.839. The third kappa shape index (κ3) is 2.16. The summed E-state index contributed by atoms with van der Waals surface area (Å²) in [6, 6.07) is 5.12. The van der Waals surface area contributed by atoms with Gasteiger partial charge in [0.1, 0.15) is 12.4 Å². The van der Waals surface area contributed by atoms with E-state index in [-0.39, 0.29) is 0 Å². The van der Waals surface area contributed by atoms with Crippen LogP contribution in [0.4, 0.5) is 5.69 Å². The van der Waals surface area contributed by atoms with Gasteiger partial charge in [-0.25, -0.2) is 14.8 Å². The molecule has 2 heterocycles. The number of hydrogen-bond acceptors (Lipinski definition) is 6. The number of anilines is 1. The zero-order valence-electron chi connectivity index (χ0n) is 10.9.